The van der Waals surface area contributed by atoms with Gasteiger partial charge in [-0.3, -0.25) is 0 Å². The van der Waals surface area contributed by atoms with Crippen LogP contribution in [0.25, 0.3) is 0 Å². The number of aliphatic hydroxyl groups excluding tert-OH is 2. The van der Waals surface area contributed by atoms with Gasteiger partial charge in [0.05, 0.1) is 6.10 Å². The number of anilines is 1. The fourth-order valence-corrected chi connectivity index (χ4v) is 2.57. The van der Waals surface area contributed by atoms with Crippen LogP contribution < -0.4 is 4.90 Å². The number of phenols is 1. The van der Waals surface area contributed by atoms with Gasteiger partial charge in [0.25, 0.3) is 0 Å². The summed E-state index contributed by atoms with van der Waals surface area (Å²) in [5, 5.41) is 28.3. The van der Waals surface area contributed by atoms with Crippen molar-refractivity contribution in [1.82, 2.24) is 0 Å². The van der Waals surface area contributed by atoms with Gasteiger partial charge in [0, 0.05) is 37.0 Å². The van der Waals surface area contributed by atoms with Gasteiger partial charge in [0.1, 0.15) is 5.75 Å². The Morgan fingerprint density at radius 1 is 1.44 bits per heavy atom. The predicted molar refractivity (Wildman–Crippen MR) is 70.8 cm³/mol. The van der Waals surface area contributed by atoms with Crippen LogP contribution in [0, 0.1) is 5.92 Å². The zero-order valence-electron chi connectivity index (χ0n) is 10.7. The first kappa shape index (κ1) is 13.2. The highest BCUT2D eigenvalue weighted by Gasteiger charge is 2.22. The molecule has 1 aliphatic heterocycles. The highest BCUT2D eigenvalue weighted by Crippen LogP contribution is 2.32. The van der Waals surface area contributed by atoms with Crippen molar-refractivity contribution in [3.63, 3.8) is 0 Å². The molecule has 0 bridgehead atoms. The van der Waals surface area contributed by atoms with E-state index in [0.717, 1.165) is 31.6 Å². The lowest BCUT2D eigenvalue weighted by atomic mass is 10.1. The minimum absolute atomic E-state index is 0.146. The highest BCUT2D eigenvalue weighted by atomic mass is 16.3. The van der Waals surface area contributed by atoms with Crippen LogP contribution in [0.4, 0.5) is 5.69 Å². The molecule has 18 heavy (non-hydrogen) atoms. The Hall–Kier alpha value is -1.26. The number of aliphatic hydroxyl groups is 2. The second-order valence-electron chi connectivity index (χ2n) is 5.03. The standard InChI is InChI=1S/C14H21NO3/c1-10(17)13-3-2-12(8-14(13)18)15-6-4-11(9-15)5-7-16/h2-3,8,10-11,16-18H,4-7,9H2,1H3. The van der Waals surface area contributed by atoms with E-state index in [-0.39, 0.29) is 12.4 Å². The van der Waals surface area contributed by atoms with Crippen LogP contribution in [0.1, 0.15) is 31.4 Å². The molecule has 1 aromatic rings. The molecule has 4 heteroatoms. The van der Waals surface area contributed by atoms with Crippen LogP contribution in [0.5, 0.6) is 5.75 Å². The Morgan fingerprint density at radius 2 is 2.22 bits per heavy atom. The second kappa shape index (κ2) is 5.59. The lowest BCUT2D eigenvalue weighted by Crippen LogP contribution is -2.19. The molecule has 100 valence electrons. The average molecular weight is 251 g/mol. The summed E-state index contributed by atoms with van der Waals surface area (Å²) >= 11 is 0. The van der Waals surface area contributed by atoms with Crippen LogP contribution in [-0.2, 0) is 0 Å². The summed E-state index contributed by atoms with van der Waals surface area (Å²) in [6.07, 6.45) is 1.27. The largest absolute Gasteiger partial charge is 0.507 e. The van der Waals surface area contributed by atoms with Gasteiger partial charge in [-0.25, -0.2) is 0 Å². The molecule has 0 saturated carbocycles. The van der Waals surface area contributed by atoms with Gasteiger partial charge in [-0.1, -0.05) is 6.07 Å². The zero-order chi connectivity index (χ0) is 13.1. The van der Waals surface area contributed by atoms with Crippen LogP contribution in [-0.4, -0.2) is 35.0 Å². The SMILES string of the molecule is CC(O)c1ccc(N2CCC(CCO)C2)cc1O. The lowest BCUT2D eigenvalue weighted by molar-refractivity contribution is 0.195. The second-order valence-corrected chi connectivity index (χ2v) is 5.03. The fourth-order valence-electron chi connectivity index (χ4n) is 2.57. The molecule has 3 N–H and O–H groups in total. The van der Waals surface area contributed by atoms with Crippen LogP contribution in [0.2, 0.25) is 0 Å². The van der Waals surface area contributed by atoms with Crippen molar-refractivity contribution >= 4 is 5.69 Å². The van der Waals surface area contributed by atoms with Crippen molar-refractivity contribution < 1.29 is 15.3 Å². The van der Waals surface area contributed by atoms with E-state index in [0.29, 0.717) is 11.5 Å². The molecule has 0 spiro atoms. The molecule has 4 nitrogen and oxygen atoms in total. The molecular formula is C14H21NO3. The van der Waals surface area contributed by atoms with Crippen molar-refractivity contribution in [2.24, 2.45) is 5.92 Å². The molecule has 0 radical (unpaired) electrons. The van der Waals surface area contributed by atoms with Gasteiger partial charge in [0.2, 0.25) is 0 Å². The number of nitrogens with zero attached hydrogens (tertiary/aromatic N) is 1. The van der Waals surface area contributed by atoms with Gasteiger partial charge in [0.15, 0.2) is 0 Å². The summed E-state index contributed by atoms with van der Waals surface area (Å²) < 4.78 is 0. The maximum absolute atomic E-state index is 9.86. The Bertz CT molecular complexity index is 406. The maximum atomic E-state index is 9.86. The quantitative estimate of drug-likeness (QED) is 0.761. The minimum Gasteiger partial charge on any atom is -0.507 e. The molecule has 1 heterocycles. The highest BCUT2D eigenvalue weighted by molar-refractivity contribution is 5.54. The van der Waals surface area contributed by atoms with Crippen LogP contribution in [0.3, 0.4) is 0 Å². The summed E-state index contributed by atoms with van der Waals surface area (Å²) in [5.74, 6) is 0.682. The molecular weight excluding hydrogens is 230 g/mol. The van der Waals surface area contributed by atoms with E-state index in [4.69, 9.17) is 5.11 Å². The molecule has 1 fully saturated rings. The Kier molecular flexibility index (Phi) is 4.09. The zero-order valence-corrected chi connectivity index (χ0v) is 10.7. The molecule has 1 aromatic carbocycles. The number of hydrogen-bond donors (Lipinski definition) is 3. The number of aromatic hydroxyl groups is 1. The number of rotatable bonds is 4. The van der Waals surface area contributed by atoms with Gasteiger partial charge < -0.3 is 20.2 Å². The summed E-state index contributed by atoms with van der Waals surface area (Å²) in [5.41, 5.74) is 1.54. The van der Waals surface area contributed by atoms with E-state index in [1.165, 1.54) is 0 Å². The molecule has 0 aromatic heterocycles. The fraction of sp³-hybridized carbons (Fsp3) is 0.571. The third kappa shape index (κ3) is 2.76. The molecule has 0 amide bonds. The van der Waals surface area contributed by atoms with Crippen molar-refractivity contribution in [2.75, 3.05) is 24.6 Å². The third-order valence-corrected chi connectivity index (χ3v) is 3.65. The Morgan fingerprint density at radius 3 is 2.83 bits per heavy atom. The van der Waals surface area contributed by atoms with Gasteiger partial charge >= 0.3 is 0 Å². The van der Waals surface area contributed by atoms with Crippen molar-refractivity contribution in [2.45, 2.75) is 25.9 Å². The molecule has 1 aliphatic rings. The minimum atomic E-state index is -0.653. The number of benzene rings is 1. The first-order valence-electron chi connectivity index (χ1n) is 6.48. The van der Waals surface area contributed by atoms with E-state index in [2.05, 4.69) is 4.90 Å². The number of hydrogen-bond acceptors (Lipinski definition) is 4. The van der Waals surface area contributed by atoms with Crippen LogP contribution in [0.15, 0.2) is 18.2 Å². The number of phenolic OH excluding ortho intramolecular Hbond substituents is 1. The maximum Gasteiger partial charge on any atom is 0.123 e. The van der Waals surface area contributed by atoms with Crippen molar-refractivity contribution in [1.29, 1.82) is 0 Å². The predicted octanol–water partition coefficient (Wildman–Crippen LogP) is 1.65. The van der Waals surface area contributed by atoms with E-state index < -0.39 is 6.10 Å². The smallest absolute Gasteiger partial charge is 0.123 e. The molecule has 2 atom stereocenters. The van der Waals surface area contributed by atoms with Crippen LogP contribution >= 0.6 is 0 Å². The summed E-state index contributed by atoms with van der Waals surface area (Å²) in [7, 11) is 0. The summed E-state index contributed by atoms with van der Waals surface area (Å²) in [6.45, 7) is 3.76. The van der Waals surface area contributed by atoms with Crippen molar-refractivity contribution in [3.8, 4) is 5.75 Å². The monoisotopic (exact) mass is 251 g/mol. The Labute approximate surface area is 107 Å². The van der Waals surface area contributed by atoms with E-state index in [1.54, 1.807) is 19.1 Å². The molecule has 0 aliphatic carbocycles. The summed E-state index contributed by atoms with van der Waals surface area (Å²) in [4.78, 5) is 2.21. The molecule has 2 rings (SSSR count). The van der Waals surface area contributed by atoms with E-state index in [1.807, 2.05) is 6.07 Å². The Balaban J connectivity index is 2.09. The normalized spacial score (nSPS) is 21.3. The van der Waals surface area contributed by atoms with Gasteiger partial charge in [-0.2, -0.15) is 0 Å². The summed E-state index contributed by atoms with van der Waals surface area (Å²) in [6, 6.07) is 5.42. The van der Waals surface area contributed by atoms with Crippen molar-refractivity contribution in [3.05, 3.63) is 23.8 Å². The van der Waals surface area contributed by atoms with Gasteiger partial charge in [-0.15, -0.1) is 0 Å². The first-order valence-corrected chi connectivity index (χ1v) is 6.48. The molecule has 2 unspecified atom stereocenters. The van der Waals surface area contributed by atoms with E-state index in [9.17, 15) is 10.2 Å². The first-order chi connectivity index (χ1) is 8.61. The third-order valence-electron chi connectivity index (χ3n) is 3.65. The lowest BCUT2D eigenvalue weighted by Gasteiger charge is -2.20. The topological polar surface area (TPSA) is 63.9 Å². The average Bonchev–Trinajstić information content (AvgIpc) is 2.77. The van der Waals surface area contributed by atoms with Gasteiger partial charge in [-0.05, 0) is 31.7 Å². The molecule has 1 saturated heterocycles. The van der Waals surface area contributed by atoms with E-state index >= 15 is 0 Å².